The molecule has 0 aliphatic rings. The van der Waals surface area contributed by atoms with Crippen molar-refractivity contribution in [2.24, 2.45) is 0 Å². The SMILES string of the molecule is Cc1ccc(C)c(SCC(=O)N(C)CCCC(=O)O)c1. The van der Waals surface area contributed by atoms with E-state index in [1.807, 2.05) is 13.8 Å². The highest BCUT2D eigenvalue weighted by Gasteiger charge is 2.10. The number of amides is 1. The average molecular weight is 295 g/mol. The minimum Gasteiger partial charge on any atom is -0.481 e. The third-order valence-electron chi connectivity index (χ3n) is 3.00. The van der Waals surface area contributed by atoms with Crippen LogP contribution >= 0.6 is 11.8 Å². The van der Waals surface area contributed by atoms with Gasteiger partial charge in [-0.2, -0.15) is 0 Å². The van der Waals surface area contributed by atoms with Gasteiger partial charge in [0.2, 0.25) is 5.91 Å². The lowest BCUT2D eigenvalue weighted by atomic mass is 10.2. The second-order valence-corrected chi connectivity index (χ2v) is 5.89. The molecule has 1 amide bonds. The summed E-state index contributed by atoms with van der Waals surface area (Å²) < 4.78 is 0. The topological polar surface area (TPSA) is 57.6 Å². The third-order valence-corrected chi connectivity index (χ3v) is 4.15. The number of aryl methyl sites for hydroxylation is 2. The number of carbonyl (C=O) groups is 2. The van der Waals surface area contributed by atoms with Crippen LogP contribution < -0.4 is 0 Å². The predicted octanol–water partition coefficient (Wildman–Crippen LogP) is 2.72. The molecule has 1 rings (SSSR count). The highest BCUT2D eigenvalue weighted by atomic mass is 32.2. The van der Waals surface area contributed by atoms with Gasteiger partial charge in [-0.3, -0.25) is 9.59 Å². The van der Waals surface area contributed by atoms with E-state index in [-0.39, 0.29) is 12.3 Å². The van der Waals surface area contributed by atoms with Crippen LogP contribution in [-0.4, -0.2) is 41.2 Å². The smallest absolute Gasteiger partial charge is 0.303 e. The molecular formula is C15H21NO3S. The number of carboxylic acids is 1. The van der Waals surface area contributed by atoms with Crippen molar-refractivity contribution in [2.75, 3.05) is 19.3 Å². The second kappa shape index (κ2) is 7.94. The van der Waals surface area contributed by atoms with Gasteiger partial charge in [0, 0.05) is 24.9 Å². The fraction of sp³-hybridized carbons (Fsp3) is 0.467. The van der Waals surface area contributed by atoms with E-state index in [0.717, 1.165) is 4.90 Å². The van der Waals surface area contributed by atoms with Gasteiger partial charge >= 0.3 is 5.97 Å². The number of hydrogen-bond acceptors (Lipinski definition) is 3. The Kier molecular flexibility index (Phi) is 6.58. The van der Waals surface area contributed by atoms with Crippen LogP contribution in [0.5, 0.6) is 0 Å². The Morgan fingerprint density at radius 1 is 1.30 bits per heavy atom. The van der Waals surface area contributed by atoms with Crippen molar-refractivity contribution < 1.29 is 14.7 Å². The van der Waals surface area contributed by atoms with Crippen molar-refractivity contribution in [1.29, 1.82) is 0 Å². The first kappa shape index (κ1) is 16.6. The number of nitrogens with zero attached hydrogens (tertiary/aromatic N) is 1. The molecule has 4 nitrogen and oxygen atoms in total. The molecule has 1 aromatic rings. The van der Waals surface area contributed by atoms with Crippen molar-refractivity contribution in [3.63, 3.8) is 0 Å². The summed E-state index contributed by atoms with van der Waals surface area (Å²) in [5, 5.41) is 8.57. The minimum absolute atomic E-state index is 0.0290. The molecule has 0 atom stereocenters. The third kappa shape index (κ3) is 5.65. The maximum atomic E-state index is 11.9. The van der Waals surface area contributed by atoms with E-state index < -0.39 is 5.97 Å². The lowest BCUT2D eigenvalue weighted by Crippen LogP contribution is -2.29. The summed E-state index contributed by atoms with van der Waals surface area (Å²) in [5.74, 6) is -0.412. The van der Waals surface area contributed by atoms with E-state index in [0.29, 0.717) is 18.7 Å². The standard InChI is InChI=1S/C15H21NO3S/c1-11-6-7-12(2)13(9-11)20-10-14(17)16(3)8-4-5-15(18)19/h6-7,9H,4-5,8,10H2,1-3H3,(H,18,19). The number of thioether (sulfide) groups is 1. The molecule has 20 heavy (non-hydrogen) atoms. The molecule has 1 N–H and O–H groups in total. The van der Waals surface area contributed by atoms with E-state index in [9.17, 15) is 9.59 Å². The largest absolute Gasteiger partial charge is 0.481 e. The zero-order chi connectivity index (χ0) is 15.1. The van der Waals surface area contributed by atoms with Gasteiger partial charge in [0.05, 0.1) is 5.75 Å². The highest BCUT2D eigenvalue weighted by molar-refractivity contribution is 8.00. The van der Waals surface area contributed by atoms with E-state index in [1.54, 1.807) is 11.9 Å². The number of carboxylic acid groups (broad SMARTS) is 1. The maximum Gasteiger partial charge on any atom is 0.303 e. The summed E-state index contributed by atoms with van der Waals surface area (Å²) in [4.78, 5) is 25.1. The summed E-state index contributed by atoms with van der Waals surface area (Å²) in [6.07, 6.45) is 0.591. The van der Waals surface area contributed by atoms with E-state index in [2.05, 4.69) is 18.2 Å². The summed E-state index contributed by atoms with van der Waals surface area (Å²) >= 11 is 1.53. The second-order valence-electron chi connectivity index (χ2n) is 4.87. The molecule has 0 aromatic heterocycles. The maximum absolute atomic E-state index is 11.9. The fourth-order valence-electron chi connectivity index (χ4n) is 1.70. The van der Waals surface area contributed by atoms with E-state index in [1.165, 1.54) is 22.9 Å². The molecule has 110 valence electrons. The lowest BCUT2D eigenvalue weighted by Gasteiger charge is -2.16. The fourth-order valence-corrected chi connectivity index (χ4v) is 2.77. The normalized spacial score (nSPS) is 10.3. The van der Waals surface area contributed by atoms with Crippen LogP contribution in [0.1, 0.15) is 24.0 Å². The Labute approximate surface area is 124 Å². The van der Waals surface area contributed by atoms with Crippen LogP contribution in [0.2, 0.25) is 0 Å². The molecule has 0 spiro atoms. The molecule has 0 aliphatic heterocycles. The van der Waals surface area contributed by atoms with Gasteiger partial charge in [0.1, 0.15) is 0 Å². The van der Waals surface area contributed by atoms with E-state index >= 15 is 0 Å². The van der Waals surface area contributed by atoms with Crippen LogP contribution in [0.25, 0.3) is 0 Å². The lowest BCUT2D eigenvalue weighted by molar-refractivity contribution is -0.137. The quantitative estimate of drug-likeness (QED) is 0.786. The number of rotatable bonds is 7. The molecule has 0 bridgehead atoms. The van der Waals surface area contributed by atoms with Crippen molar-refractivity contribution in [1.82, 2.24) is 4.90 Å². The Hall–Kier alpha value is -1.49. The molecule has 0 radical (unpaired) electrons. The first-order valence-corrected chi connectivity index (χ1v) is 7.54. The molecule has 0 unspecified atom stereocenters. The minimum atomic E-state index is -0.824. The van der Waals surface area contributed by atoms with Gasteiger partial charge < -0.3 is 10.0 Å². The van der Waals surface area contributed by atoms with Gasteiger partial charge in [0.25, 0.3) is 0 Å². The molecule has 0 saturated heterocycles. The van der Waals surface area contributed by atoms with Gasteiger partial charge in [-0.15, -0.1) is 11.8 Å². The molecule has 0 heterocycles. The Morgan fingerprint density at radius 2 is 2.00 bits per heavy atom. The van der Waals surface area contributed by atoms with Crippen molar-refractivity contribution >= 4 is 23.6 Å². The Morgan fingerprint density at radius 3 is 2.65 bits per heavy atom. The summed E-state index contributed by atoms with van der Waals surface area (Å²) in [6, 6.07) is 6.19. The Balaban J connectivity index is 2.42. The Bertz CT molecular complexity index is 488. The summed E-state index contributed by atoms with van der Waals surface area (Å²) in [6.45, 7) is 4.55. The van der Waals surface area contributed by atoms with E-state index in [4.69, 9.17) is 5.11 Å². The monoisotopic (exact) mass is 295 g/mol. The first-order chi connectivity index (χ1) is 9.40. The number of hydrogen-bond donors (Lipinski definition) is 1. The van der Waals surface area contributed by atoms with Gasteiger partial charge in [-0.25, -0.2) is 0 Å². The van der Waals surface area contributed by atoms with Crippen LogP contribution in [0.4, 0.5) is 0 Å². The molecule has 0 aliphatic carbocycles. The van der Waals surface area contributed by atoms with Crippen molar-refractivity contribution in [2.45, 2.75) is 31.6 Å². The van der Waals surface area contributed by atoms with Crippen LogP contribution in [0.15, 0.2) is 23.1 Å². The predicted molar refractivity (Wildman–Crippen MR) is 81.1 cm³/mol. The van der Waals surface area contributed by atoms with Gasteiger partial charge in [-0.05, 0) is 31.9 Å². The molecule has 0 saturated carbocycles. The highest BCUT2D eigenvalue weighted by Crippen LogP contribution is 2.23. The molecular weight excluding hydrogens is 274 g/mol. The van der Waals surface area contributed by atoms with Crippen LogP contribution in [0, 0.1) is 13.8 Å². The zero-order valence-corrected chi connectivity index (χ0v) is 13.0. The molecule has 0 fully saturated rings. The van der Waals surface area contributed by atoms with Gasteiger partial charge in [-0.1, -0.05) is 17.7 Å². The summed E-state index contributed by atoms with van der Waals surface area (Å²) in [5.41, 5.74) is 2.35. The zero-order valence-electron chi connectivity index (χ0n) is 12.2. The van der Waals surface area contributed by atoms with Crippen LogP contribution in [-0.2, 0) is 9.59 Å². The first-order valence-electron chi connectivity index (χ1n) is 6.56. The van der Waals surface area contributed by atoms with Crippen molar-refractivity contribution in [3.05, 3.63) is 29.3 Å². The molecule has 1 aromatic carbocycles. The number of benzene rings is 1. The van der Waals surface area contributed by atoms with Crippen LogP contribution in [0.3, 0.4) is 0 Å². The molecule has 5 heteroatoms. The number of aliphatic carboxylic acids is 1. The average Bonchev–Trinajstić information content (AvgIpc) is 2.38. The van der Waals surface area contributed by atoms with Gasteiger partial charge in [0.15, 0.2) is 0 Å². The van der Waals surface area contributed by atoms with Crippen molar-refractivity contribution in [3.8, 4) is 0 Å². The number of carbonyl (C=O) groups excluding carboxylic acids is 1. The summed E-state index contributed by atoms with van der Waals surface area (Å²) in [7, 11) is 1.72.